The van der Waals surface area contributed by atoms with Crippen molar-refractivity contribution >= 4 is 34.4 Å². The molecule has 1 rings (SSSR count). The number of anilines is 1. The topological polar surface area (TPSA) is 69.1 Å². The van der Waals surface area contributed by atoms with Crippen molar-refractivity contribution < 1.29 is 4.79 Å². The van der Waals surface area contributed by atoms with Crippen LogP contribution >= 0.6 is 12.2 Å². The van der Waals surface area contributed by atoms with Crippen molar-refractivity contribution in [2.45, 2.75) is 33.2 Å². The molecule has 0 spiro atoms. The van der Waals surface area contributed by atoms with Crippen LogP contribution in [0.1, 0.15) is 27.7 Å². The highest BCUT2D eigenvalue weighted by Gasteiger charge is 2.33. The molecule has 0 fully saturated rings. The van der Waals surface area contributed by atoms with Crippen molar-refractivity contribution in [3.8, 4) is 0 Å². The molecule has 0 aliphatic heterocycles. The van der Waals surface area contributed by atoms with E-state index in [-0.39, 0.29) is 5.78 Å². The Bertz CT molecular complexity index is 544. The second kappa shape index (κ2) is 5.82. The predicted molar refractivity (Wildman–Crippen MR) is 80.8 cm³/mol. The van der Waals surface area contributed by atoms with E-state index in [1.54, 1.807) is 43.0 Å². The lowest BCUT2D eigenvalue weighted by Crippen LogP contribution is -2.51. The van der Waals surface area contributed by atoms with Gasteiger partial charge in [0.1, 0.15) is 0 Å². The fourth-order valence-electron chi connectivity index (χ4n) is 1.78. The van der Waals surface area contributed by atoms with Crippen LogP contribution in [0.4, 0.5) is 11.4 Å². The SMILES string of the molecule is CC(=O)C(C)(C)N(C(C)=S)c1ccc(N=[N+]=[N-])cc1. The van der Waals surface area contributed by atoms with Gasteiger partial charge in [0.05, 0.1) is 10.5 Å². The largest absolute Gasteiger partial charge is 0.324 e. The quantitative estimate of drug-likeness (QED) is 0.359. The number of azide groups is 1. The number of carbonyl (C=O) groups is 1. The van der Waals surface area contributed by atoms with E-state index in [2.05, 4.69) is 10.0 Å². The van der Waals surface area contributed by atoms with Gasteiger partial charge < -0.3 is 4.90 Å². The van der Waals surface area contributed by atoms with E-state index in [1.807, 2.05) is 13.8 Å². The van der Waals surface area contributed by atoms with Crippen LogP contribution in [0.25, 0.3) is 10.4 Å². The second-order valence-corrected chi connectivity index (χ2v) is 5.27. The maximum Gasteiger partial charge on any atom is 0.155 e. The van der Waals surface area contributed by atoms with Crippen LogP contribution in [0, 0.1) is 0 Å². The van der Waals surface area contributed by atoms with Crippen LogP contribution in [0.2, 0.25) is 0 Å². The van der Waals surface area contributed by atoms with Gasteiger partial charge in [-0.1, -0.05) is 29.5 Å². The number of rotatable bonds is 4. The Morgan fingerprint density at radius 1 is 1.32 bits per heavy atom. The summed E-state index contributed by atoms with van der Waals surface area (Å²) in [5.41, 5.74) is 8.97. The van der Waals surface area contributed by atoms with Crippen molar-refractivity contribution in [3.63, 3.8) is 0 Å². The number of hydrogen-bond acceptors (Lipinski definition) is 3. The van der Waals surface area contributed by atoms with Crippen molar-refractivity contribution in [1.82, 2.24) is 0 Å². The number of nitrogens with zero attached hydrogens (tertiary/aromatic N) is 4. The lowest BCUT2D eigenvalue weighted by molar-refractivity contribution is -0.120. The molecule has 0 saturated carbocycles. The first-order valence-corrected chi connectivity index (χ1v) is 6.18. The molecule has 0 bridgehead atoms. The molecule has 0 atom stereocenters. The van der Waals surface area contributed by atoms with Crippen molar-refractivity contribution in [2.75, 3.05) is 4.90 Å². The Labute approximate surface area is 117 Å². The van der Waals surface area contributed by atoms with Gasteiger partial charge in [-0.05, 0) is 45.4 Å². The Morgan fingerprint density at radius 3 is 2.21 bits per heavy atom. The number of benzene rings is 1. The van der Waals surface area contributed by atoms with Gasteiger partial charge in [-0.3, -0.25) is 4.79 Å². The van der Waals surface area contributed by atoms with E-state index >= 15 is 0 Å². The van der Waals surface area contributed by atoms with E-state index in [0.717, 1.165) is 5.69 Å². The normalized spacial score (nSPS) is 10.5. The molecule has 1 aromatic carbocycles. The van der Waals surface area contributed by atoms with Crippen molar-refractivity contribution in [1.29, 1.82) is 0 Å². The highest BCUT2D eigenvalue weighted by atomic mass is 32.1. The molecule has 0 N–H and O–H groups in total. The Hall–Kier alpha value is -1.91. The molecule has 0 unspecified atom stereocenters. The van der Waals surface area contributed by atoms with Gasteiger partial charge in [0.15, 0.2) is 5.78 Å². The van der Waals surface area contributed by atoms with Crippen LogP contribution in [0.3, 0.4) is 0 Å². The summed E-state index contributed by atoms with van der Waals surface area (Å²) in [4.78, 5) is 16.9. The van der Waals surface area contributed by atoms with Crippen molar-refractivity contribution in [2.24, 2.45) is 5.11 Å². The minimum Gasteiger partial charge on any atom is -0.324 e. The number of ketones is 1. The molecule has 6 heteroatoms. The summed E-state index contributed by atoms with van der Waals surface area (Å²) in [5.74, 6) is 0.0239. The van der Waals surface area contributed by atoms with E-state index in [4.69, 9.17) is 17.7 Å². The minimum absolute atomic E-state index is 0.0239. The fraction of sp³-hybridized carbons (Fsp3) is 0.385. The highest BCUT2D eigenvalue weighted by molar-refractivity contribution is 7.80. The zero-order valence-electron chi connectivity index (χ0n) is 11.4. The van der Waals surface area contributed by atoms with Crippen LogP contribution in [-0.2, 0) is 4.79 Å². The first-order valence-electron chi connectivity index (χ1n) is 5.77. The van der Waals surface area contributed by atoms with E-state index < -0.39 is 5.54 Å². The van der Waals surface area contributed by atoms with Gasteiger partial charge in [0.2, 0.25) is 0 Å². The summed E-state index contributed by atoms with van der Waals surface area (Å²) >= 11 is 5.24. The van der Waals surface area contributed by atoms with Gasteiger partial charge in [0.25, 0.3) is 0 Å². The first-order chi connectivity index (χ1) is 8.80. The molecule has 5 nitrogen and oxygen atoms in total. The van der Waals surface area contributed by atoms with Gasteiger partial charge in [-0.2, -0.15) is 0 Å². The molecule has 19 heavy (non-hydrogen) atoms. The molecule has 0 heterocycles. The zero-order chi connectivity index (χ0) is 14.6. The molecular formula is C13H16N4OS. The third-order valence-corrected chi connectivity index (χ3v) is 3.19. The predicted octanol–water partition coefficient (Wildman–Crippen LogP) is 4.15. The van der Waals surface area contributed by atoms with Gasteiger partial charge in [-0.15, -0.1) is 0 Å². The number of thiocarbonyl (C=S) groups is 1. The zero-order valence-corrected chi connectivity index (χ0v) is 12.2. The summed E-state index contributed by atoms with van der Waals surface area (Å²) in [6.45, 7) is 6.97. The standard InChI is InChI=1S/C13H16N4OS/c1-9(18)13(3,4)17(10(2)19)12-7-5-11(6-8-12)15-16-14/h5-8H,1-4H3. The third kappa shape index (κ3) is 3.30. The summed E-state index contributed by atoms with van der Waals surface area (Å²) in [7, 11) is 0. The highest BCUT2D eigenvalue weighted by Crippen LogP contribution is 2.27. The summed E-state index contributed by atoms with van der Waals surface area (Å²) < 4.78 is 0. The van der Waals surface area contributed by atoms with E-state index in [9.17, 15) is 4.79 Å². The lowest BCUT2D eigenvalue weighted by atomic mass is 9.96. The molecule has 1 aromatic rings. The summed E-state index contributed by atoms with van der Waals surface area (Å²) in [5, 5.41) is 3.51. The Balaban J connectivity index is 3.24. The van der Waals surface area contributed by atoms with Crippen LogP contribution in [0.15, 0.2) is 29.4 Å². The van der Waals surface area contributed by atoms with E-state index in [0.29, 0.717) is 10.7 Å². The average Bonchev–Trinajstić information content (AvgIpc) is 2.31. The first kappa shape index (κ1) is 15.1. The second-order valence-electron chi connectivity index (χ2n) is 4.68. The fourth-order valence-corrected chi connectivity index (χ4v) is 2.11. The van der Waals surface area contributed by atoms with Crippen molar-refractivity contribution in [3.05, 3.63) is 34.7 Å². The average molecular weight is 276 g/mol. The third-order valence-electron chi connectivity index (χ3n) is 3.00. The number of Topliss-reactive ketones (excluding diaryl/α,β-unsaturated/α-hetero) is 1. The molecule has 100 valence electrons. The molecular weight excluding hydrogens is 260 g/mol. The lowest BCUT2D eigenvalue weighted by Gasteiger charge is -2.37. The summed E-state index contributed by atoms with van der Waals surface area (Å²) in [6, 6.07) is 6.95. The van der Waals surface area contributed by atoms with E-state index in [1.165, 1.54) is 0 Å². The molecule has 0 aromatic heterocycles. The maximum atomic E-state index is 11.8. The van der Waals surface area contributed by atoms with Gasteiger partial charge >= 0.3 is 0 Å². The van der Waals surface area contributed by atoms with Crippen LogP contribution in [0.5, 0.6) is 0 Å². The maximum absolute atomic E-state index is 11.8. The molecule has 0 radical (unpaired) electrons. The molecule has 0 aliphatic carbocycles. The Morgan fingerprint density at radius 2 is 1.84 bits per heavy atom. The monoisotopic (exact) mass is 276 g/mol. The van der Waals surface area contributed by atoms with Gasteiger partial charge in [0, 0.05) is 16.3 Å². The molecule has 0 aliphatic rings. The van der Waals surface area contributed by atoms with Gasteiger partial charge in [-0.25, -0.2) is 0 Å². The molecule has 0 amide bonds. The smallest absolute Gasteiger partial charge is 0.155 e. The van der Waals surface area contributed by atoms with Crippen LogP contribution < -0.4 is 4.90 Å². The van der Waals surface area contributed by atoms with Crippen LogP contribution in [-0.4, -0.2) is 16.3 Å². The summed E-state index contributed by atoms with van der Waals surface area (Å²) in [6.07, 6.45) is 0. The number of carbonyl (C=O) groups excluding carboxylic acids is 1. The molecule has 0 saturated heterocycles. The minimum atomic E-state index is -0.716. The number of hydrogen-bond donors (Lipinski definition) is 0. The Kier molecular flexibility index (Phi) is 4.64.